The van der Waals surface area contributed by atoms with Crippen molar-refractivity contribution in [3.05, 3.63) is 70.8 Å². The van der Waals surface area contributed by atoms with Crippen molar-refractivity contribution in [2.45, 2.75) is 32.9 Å². The van der Waals surface area contributed by atoms with E-state index in [1.165, 1.54) is 22.3 Å². The van der Waals surface area contributed by atoms with Crippen LogP contribution in [0.4, 0.5) is 0 Å². The first-order chi connectivity index (χ1) is 12.7. The number of benzene rings is 2. The number of ether oxygens (including phenoxy) is 1. The maximum atomic E-state index is 12.2. The highest BCUT2D eigenvalue weighted by atomic mass is 16.5. The van der Waals surface area contributed by atoms with Gasteiger partial charge >= 0.3 is 0 Å². The Labute approximate surface area is 156 Å². The molecule has 3 rings (SSSR count). The van der Waals surface area contributed by atoms with Crippen LogP contribution < -0.4 is 5.32 Å². The van der Waals surface area contributed by atoms with E-state index in [9.17, 15) is 4.79 Å². The first kappa shape index (κ1) is 18.6. The molecule has 4 nitrogen and oxygen atoms in total. The number of carbonyl (C=O) groups excluding carboxylic acids is 1. The monoisotopic (exact) mass is 352 g/mol. The molecule has 0 spiro atoms. The van der Waals surface area contributed by atoms with Crippen LogP contribution in [0, 0.1) is 6.92 Å². The van der Waals surface area contributed by atoms with Gasteiger partial charge in [0.25, 0.3) is 0 Å². The standard InChI is InChI=1S/C22H28N2O2/c1-18-6-8-19(9-7-18)10-11-22(25)23-16-20-4-2-3-5-21(20)17-24-12-14-26-15-13-24/h2-9H,10-17H2,1H3,(H,23,25). The van der Waals surface area contributed by atoms with Crippen molar-refractivity contribution in [2.24, 2.45) is 0 Å². The first-order valence-corrected chi connectivity index (χ1v) is 9.40. The van der Waals surface area contributed by atoms with Gasteiger partial charge in [-0.2, -0.15) is 0 Å². The molecule has 0 aliphatic carbocycles. The van der Waals surface area contributed by atoms with E-state index in [1.807, 2.05) is 6.07 Å². The molecule has 26 heavy (non-hydrogen) atoms. The molecule has 4 heteroatoms. The molecule has 0 atom stereocenters. The highest BCUT2D eigenvalue weighted by molar-refractivity contribution is 5.76. The molecular weight excluding hydrogens is 324 g/mol. The van der Waals surface area contributed by atoms with Crippen LogP contribution in [0.1, 0.15) is 28.7 Å². The zero-order valence-electron chi connectivity index (χ0n) is 15.5. The van der Waals surface area contributed by atoms with E-state index in [0.717, 1.165) is 39.3 Å². The van der Waals surface area contributed by atoms with Gasteiger partial charge in [-0.25, -0.2) is 0 Å². The number of amides is 1. The fraction of sp³-hybridized carbons (Fsp3) is 0.409. The molecule has 1 aliphatic rings. The summed E-state index contributed by atoms with van der Waals surface area (Å²) >= 11 is 0. The Morgan fingerprint density at radius 2 is 1.73 bits per heavy atom. The van der Waals surface area contributed by atoms with Crippen molar-refractivity contribution in [2.75, 3.05) is 26.3 Å². The number of aryl methyl sites for hydroxylation is 2. The minimum atomic E-state index is 0.103. The first-order valence-electron chi connectivity index (χ1n) is 9.40. The van der Waals surface area contributed by atoms with Crippen molar-refractivity contribution in [1.82, 2.24) is 10.2 Å². The number of carbonyl (C=O) groups is 1. The van der Waals surface area contributed by atoms with Crippen LogP contribution in [0.5, 0.6) is 0 Å². The largest absolute Gasteiger partial charge is 0.379 e. The number of hydrogen-bond acceptors (Lipinski definition) is 3. The van der Waals surface area contributed by atoms with Crippen molar-refractivity contribution in [3.8, 4) is 0 Å². The Balaban J connectivity index is 1.49. The summed E-state index contributed by atoms with van der Waals surface area (Å²) in [5.41, 5.74) is 4.93. The highest BCUT2D eigenvalue weighted by Gasteiger charge is 2.13. The summed E-state index contributed by atoms with van der Waals surface area (Å²) in [6, 6.07) is 16.7. The normalized spacial score (nSPS) is 15.0. The van der Waals surface area contributed by atoms with Crippen LogP contribution in [0.25, 0.3) is 0 Å². The number of nitrogens with one attached hydrogen (secondary N) is 1. The Kier molecular flexibility index (Phi) is 6.81. The molecule has 2 aromatic carbocycles. The summed E-state index contributed by atoms with van der Waals surface area (Å²) < 4.78 is 5.42. The molecule has 1 aliphatic heterocycles. The van der Waals surface area contributed by atoms with Gasteiger partial charge in [0, 0.05) is 32.6 Å². The number of rotatable bonds is 7. The van der Waals surface area contributed by atoms with Crippen molar-refractivity contribution in [1.29, 1.82) is 0 Å². The molecule has 1 fully saturated rings. The lowest BCUT2D eigenvalue weighted by atomic mass is 10.1. The molecule has 1 N–H and O–H groups in total. The molecule has 0 saturated carbocycles. The summed E-state index contributed by atoms with van der Waals surface area (Å²) in [5, 5.41) is 3.08. The maximum absolute atomic E-state index is 12.2. The third kappa shape index (κ3) is 5.68. The van der Waals surface area contributed by atoms with E-state index < -0.39 is 0 Å². The van der Waals surface area contributed by atoms with E-state index >= 15 is 0 Å². The van der Waals surface area contributed by atoms with Gasteiger partial charge in [-0.15, -0.1) is 0 Å². The van der Waals surface area contributed by atoms with Gasteiger partial charge in [0.05, 0.1) is 13.2 Å². The third-order valence-electron chi connectivity index (χ3n) is 4.85. The van der Waals surface area contributed by atoms with Gasteiger partial charge < -0.3 is 10.1 Å². The van der Waals surface area contributed by atoms with Crippen molar-refractivity contribution < 1.29 is 9.53 Å². The zero-order valence-corrected chi connectivity index (χ0v) is 15.5. The van der Waals surface area contributed by atoms with E-state index in [0.29, 0.717) is 13.0 Å². The smallest absolute Gasteiger partial charge is 0.220 e. The average molecular weight is 352 g/mol. The van der Waals surface area contributed by atoms with Gasteiger partial charge in [0.15, 0.2) is 0 Å². The van der Waals surface area contributed by atoms with Gasteiger partial charge in [-0.1, -0.05) is 54.1 Å². The van der Waals surface area contributed by atoms with Crippen molar-refractivity contribution in [3.63, 3.8) is 0 Å². The summed E-state index contributed by atoms with van der Waals surface area (Å²) in [6.45, 7) is 7.13. The zero-order chi connectivity index (χ0) is 18.2. The Morgan fingerprint density at radius 3 is 2.46 bits per heavy atom. The van der Waals surface area contributed by atoms with E-state index in [1.54, 1.807) is 0 Å². The minimum Gasteiger partial charge on any atom is -0.379 e. The molecule has 0 radical (unpaired) electrons. The second-order valence-corrected chi connectivity index (χ2v) is 6.92. The third-order valence-corrected chi connectivity index (χ3v) is 4.85. The summed E-state index contributed by atoms with van der Waals surface area (Å²) in [6.07, 6.45) is 1.30. The fourth-order valence-corrected chi connectivity index (χ4v) is 3.18. The van der Waals surface area contributed by atoms with Crippen LogP contribution in [0.3, 0.4) is 0 Å². The minimum absolute atomic E-state index is 0.103. The number of nitrogens with zero attached hydrogens (tertiary/aromatic N) is 1. The molecule has 0 bridgehead atoms. The summed E-state index contributed by atoms with van der Waals surface area (Å²) in [5.74, 6) is 0.103. The molecule has 1 heterocycles. The Bertz CT molecular complexity index is 706. The van der Waals surface area contributed by atoms with Crippen LogP contribution in [0.2, 0.25) is 0 Å². The lowest BCUT2D eigenvalue weighted by Crippen LogP contribution is -2.36. The Morgan fingerprint density at radius 1 is 1.04 bits per heavy atom. The topological polar surface area (TPSA) is 41.6 Å². The van der Waals surface area contributed by atoms with Crippen LogP contribution in [0.15, 0.2) is 48.5 Å². The predicted octanol–water partition coefficient (Wildman–Crippen LogP) is 3.08. The summed E-state index contributed by atoms with van der Waals surface area (Å²) in [4.78, 5) is 14.6. The highest BCUT2D eigenvalue weighted by Crippen LogP contribution is 2.13. The average Bonchev–Trinajstić information content (AvgIpc) is 2.68. The van der Waals surface area contributed by atoms with Crippen LogP contribution in [-0.4, -0.2) is 37.1 Å². The molecule has 1 amide bonds. The SMILES string of the molecule is Cc1ccc(CCC(=O)NCc2ccccc2CN2CCOCC2)cc1. The lowest BCUT2D eigenvalue weighted by molar-refractivity contribution is -0.121. The van der Waals surface area contributed by atoms with Gasteiger partial charge in [0.2, 0.25) is 5.91 Å². The Hall–Kier alpha value is -2.17. The molecule has 2 aromatic rings. The number of morpholine rings is 1. The lowest BCUT2D eigenvalue weighted by Gasteiger charge is -2.27. The quantitative estimate of drug-likeness (QED) is 0.833. The van der Waals surface area contributed by atoms with Crippen LogP contribution in [-0.2, 0) is 29.0 Å². The molecule has 1 saturated heterocycles. The van der Waals surface area contributed by atoms with E-state index in [4.69, 9.17) is 4.74 Å². The van der Waals surface area contributed by atoms with Crippen LogP contribution >= 0.6 is 0 Å². The second-order valence-electron chi connectivity index (χ2n) is 6.92. The predicted molar refractivity (Wildman–Crippen MR) is 104 cm³/mol. The molecule has 0 aromatic heterocycles. The fourth-order valence-electron chi connectivity index (χ4n) is 3.18. The van der Waals surface area contributed by atoms with Gasteiger partial charge in [-0.05, 0) is 30.0 Å². The molecule has 0 unspecified atom stereocenters. The summed E-state index contributed by atoms with van der Waals surface area (Å²) in [7, 11) is 0. The number of hydrogen-bond donors (Lipinski definition) is 1. The molecule has 138 valence electrons. The maximum Gasteiger partial charge on any atom is 0.220 e. The van der Waals surface area contributed by atoms with Crippen molar-refractivity contribution >= 4 is 5.91 Å². The van der Waals surface area contributed by atoms with E-state index in [2.05, 4.69) is 59.6 Å². The molecular formula is C22H28N2O2. The second kappa shape index (κ2) is 9.51. The van der Waals surface area contributed by atoms with Gasteiger partial charge in [-0.3, -0.25) is 9.69 Å². The van der Waals surface area contributed by atoms with E-state index in [-0.39, 0.29) is 5.91 Å². The van der Waals surface area contributed by atoms with Gasteiger partial charge in [0.1, 0.15) is 0 Å².